The number of nitrogens with zero attached hydrogens (tertiary/aromatic N) is 4. The van der Waals surface area contributed by atoms with Crippen molar-refractivity contribution in [3.8, 4) is 0 Å². The lowest BCUT2D eigenvalue weighted by Crippen LogP contribution is -2.47. The maximum absolute atomic E-state index is 13.5. The van der Waals surface area contributed by atoms with Gasteiger partial charge in [0.25, 0.3) is 0 Å². The van der Waals surface area contributed by atoms with Crippen molar-refractivity contribution in [2.45, 2.75) is 25.7 Å². The first-order valence-corrected chi connectivity index (χ1v) is 12.3. The molecule has 0 spiro atoms. The molecule has 1 aromatic heterocycles. The number of benzene rings is 3. The van der Waals surface area contributed by atoms with Crippen LogP contribution in [-0.4, -0.2) is 47.8 Å². The smallest absolute Gasteiger partial charge is 0.159 e. The van der Waals surface area contributed by atoms with Crippen molar-refractivity contribution in [2.24, 2.45) is 0 Å². The van der Waals surface area contributed by atoms with Crippen molar-refractivity contribution >= 4 is 16.6 Å². The van der Waals surface area contributed by atoms with Gasteiger partial charge in [0.15, 0.2) is 5.82 Å². The van der Waals surface area contributed by atoms with Gasteiger partial charge in [0.05, 0.1) is 5.69 Å². The molecule has 35 heavy (non-hydrogen) atoms. The molecule has 180 valence electrons. The Morgan fingerprint density at radius 2 is 1.31 bits per heavy atom. The third kappa shape index (κ3) is 5.33. The summed E-state index contributed by atoms with van der Waals surface area (Å²) >= 11 is 0. The molecule has 1 aliphatic rings. The molecule has 1 fully saturated rings. The molecule has 0 unspecified atom stereocenters. The summed E-state index contributed by atoms with van der Waals surface area (Å²) in [4.78, 5) is 4.83. The van der Waals surface area contributed by atoms with E-state index in [0.29, 0.717) is 0 Å². The Hall–Kier alpha value is -3.38. The molecule has 1 aliphatic heterocycles. The summed E-state index contributed by atoms with van der Waals surface area (Å²) in [6, 6.07) is 21.7. The number of fused-ring (bicyclic) bond motifs is 1. The molecule has 5 rings (SSSR count). The van der Waals surface area contributed by atoms with Crippen LogP contribution in [0, 0.1) is 18.6 Å². The number of aryl methyl sites for hydroxylation is 1. The van der Waals surface area contributed by atoms with Crippen LogP contribution in [0.5, 0.6) is 0 Å². The lowest BCUT2D eigenvalue weighted by molar-refractivity contribution is 0.251. The van der Waals surface area contributed by atoms with Crippen LogP contribution in [0.1, 0.15) is 35.6 Å². The summed E-state index contributed by atoms with van der Waals surface area (Å²) in [5.41, 5.74) is 3.08. The van der Waals surface area contributed by atoms with Gasteiger partial charge in [-0.1, -0.05) is 48.5 Å². The fourth-order valence-electron chi connectivity index (χ4n) is 5.08. The summed E-state index contributed by atoms with van der Waals surface area (Å²) < 4.78 is 27.0. The fourth-order valence-corrected chi connectivity index (χ4v) is 5.08. The molecule has 6 heteroatoms. The van der Waals surface area contributed by atoms with Crippen LogP contribution in [0.4, 0.5) is 14.6 Å². The number of hydrogen-bond acceptors (Lipinski definition) is 4. The predicted octanol–water partition coefficient (Wildman–Crippen LogP) is 5.95. The van der Waals surface area contributed by atoms with Gasteiger partial charge in [0.2, 0.25) is 0 Å². The Balaban J connectivity index is 1.21. The standard InChI is InChI=1S/C29H30F2N4/c1-21-26-5-2-3-6-28(26)29(33-32-21)35-19-17-34(18-20-35)16-4-7-27(22-8-12-24(30)13-9-22)23-10-14-25(31)15-11-23/h2-3,5-6,8-15,27H,4,7,16-20H2,1H3. The van der Waals surface area contributed by atoms with Crippen LogP contribution in [0.3, 0.4) is 0 Å². The third-order valence-electron chi connectivity index (χ3n) is 7.04. The summed E-state index contributed by atoms with van der Waals surface area (Å²) in [6.45, 7) is 6.78. The summed E-state index contributed by atoms with van der Waals surface area (Å²) in [5, 5.41) is 11.2. The van der Waals surface area contributed by atoms with E-state index in [1.54, 1.807) is 0 Å². The molecule has 0 radical (unpaired) electrons. The Bertz CT molecular complexity index is 1220. The molecule has 2 heterocycles. The number of rotatable bonds is 7. The first kappa shape index (κ1) is 23.4. The molecule has 0 bridgehead atoms. The molecule has 1 saturated heterocycles. The molecule has 0 amide bonds. The van der Waals surface area contributed by atoms with Gasteiger partial charge in [-0.05, 0) is 61.7 Å². The average Bonchev–Trinajstić information content (AvgIpc) is 2.89. The SMILES string of the molecule is Cc1nnc(N2CCN(CCCC(c3ccc(F)cc3)c3ccc(F)cc3)CC2)c2ccccc12. The second-order valence-electron chi connectivity index (χ2n) is 9.28. The first-order valence-electron chi connectivity index (χ1n) is 12.3. The molecule has 0 atom stereocenters. The quantitative estimate of drug-likeness (QED) is 0.333. The highest BCUT2D eigenvalue weighted by atomic mass is 19.1. The van der Waals surface area contributed by atoms with E-state index in [1.807, 2.05) is 37.3 Å². The third-order valence-corrected chi connectivity index (χ3v) is 7.04. The van der Waals surface area contributed by atoms with E-state index in [2.05, 4.69) is 38.2 Å². The van der Waals surface area contributed by atoms with E-state index in [4.69, 9.17) is 0 Å². The van der Waals surface area contributed by atoms with Crippen molar-refractivity contribution < 1.29 is 8.78 Å². The number of aromatic nitrogens is 2. The zero-order valence-corrected chi connectivity index (χ0v) is 20.0. The highest BCUT2D eigenvalue weighted by Crippen LogP contribution is 2.30. The van der Waals surface area contributed by atoms with E-state index in [9.17, 15) is 8.78 Å². The van der Waals surface area contributed by atoms with E-state index in [0.717, 1.165) is 79.0 Å². The van der Waals surface area contributed by atoms with Crippen molar-refractivity contribution in [1.29, 1.82) is 0 Å². The van der Waals surface area contributed by atoms with Gasteiger partial charge in [0.1, 0.15) is 11.6 Å². The van der Waals surface area contributed by atoms with Crippen molar-refractivity contribution in [3.05, 3.63) is 101 Å². The van der Waals surface area contributed by atoms with Crippen LogP contribution in [0.25, 0.3) is 10.8 Å². The zero-order valence-electron chi connectivity index (χ0n) is 20.0. The summed E-state index contributed by atoms with van der Waals surface area (Å²) in [5.74, 6) is 0.608. The maximum atomic E-state index is 13.5. The van der Waals surface area contributed by atoms with Crippen LogP contribution in [-0.2, 0) is 0 Å². The lowest BCUT2D eigenvalue weighted by atomic mass is 9.87. The molecule has 3 aromatic carbocycles. The van der Waals surface area contributed by atoms with E-state index < -0.39 is 0 Å². The van der Waals surface area contributed by atoms with Gasteiger partial charge in [-0.2, -0.15) is 5.10 Å². The van der Waals surface area contributed by atoms with Crippen LogP contribution in [0.15, 0.2) is 72.8 Å². The van der Waals surface area contributed by atoms with Crippen LogP contribution >= 0.6 is 0 Å². The Morgan fingerprint density at radius 3 is 1.91 bits per heavy atom. The van der Waals surface area contributed by atoms with Crippen molar-refractivity contribution in [1.82, 2.24) is 15.1 Å². The number of halogens is 2. The number of hydrogen-bond donors (Lipinski definition) is 0. The van der Waals surface area contributed by atoms with Crippen molar-refractivity contribution in [2.75, 3.05) is 37.6 Å². The summed E-state index contributed by atoms with van der Waals surface area (Å²) in [7, 11) is 0. The number of piperazine rings is 1. The molecular formula is C29H30F2N4. The van der Waals surface area contributed by atoms with Crippen molar-refractivity contribution in [3.63, 3.8) is 0 Å². The second kappa shape index (κ2) is 10.5. The maximum Gasteiger partial charge on any atom is 0.159 e. The van der Waals surface area contributed by atoms with Crippen LogP contribution < -0.4 is 4.90 Å². The summed E-state index contributed by atoms with van der Waals surface area (Å²) in [6.07, 6.45) is 1.93. The predicted molar refractivity (Wildman–Crippen MR) is 137 cm³/mol. The largest absolute Gasteiger partial charge is 0.352 e. The molecule has 0 saturated carbocycles. The van der Waals surface area contributed by atoms with Gasteiger partial charge in [0, 0.05) is 42.9 Å². The van der Waals surface area contributed by atoms with Gasteiger partial charge in [-0.25, -0.2) is 8.78 Å². The molecule has 0 N–H and O–H groups in total. The van der Waals surface area contributed by atoms with Gasteiger partial charge in [-0.3, -0.25) is 4.90 Å². The van der Waals surface area contributed by atoms with E-state index >= 15 is 0 Å². The topological polar surface area (TPSA) is 32.3 Å². The Morgan fingerprint density at radius 1 is 0.743 bits per heavy atom. The molecular weight excluding hydrogens is 442 g/mol. The first-order chi connectivity index (χ1) is 17.1. The number of anilines is 1. The zero-order chi connectivity index (χ0) is 24.2. The highest BCUT2D eigenvalue weighted by molar-refractivity contribution is 5.93. The Labute approximate surface area is 205 Å². The molecule has 0 aliphatic carbocycles. The minimum atomic E-state index is -0.240. The minimum Gasteiger partial charge on any atom is -0.352 e. The molecule has 4 aromatic rings. The van der Waals surface area contributed by atoms with Gasteiger partial charge < -0.3 is 4.90 Å². The second-order valence-corrected chi connectivity index (χ2v) is 9.28. The van der Waals surface area contributed by atoms with Crippen LogP contribution in [0.2, 0.25) is 0 Å². The molecule has 4 nitrogen and oxygen atoms in total. The van der Waals surface area contributed by atoms with E-state index in [-0.39, 0.29) is 17.6 Å². The van der Waals surface area contributed by atoms with Gasteiger partial charge >= 0.3 is 0 Å². The lowest BCUT2D eigenvalue weighted by Gasteiger charge is -2.36. The monoisotopic (exact) mass is 472 g/mol. The van der Waals surface area contributed by atoms with E-state index in [1.165, 1.54) is 24.3 Å². The Kier molecular flexibility index (Phi) is 7.00. The minimum absolute atomic E-state index is 0.117. The highest BCUT2D eigenvalue weighted by Gasteiger charge is 2.21. The fraction of sp³-hybridized carbons (Fsp3) is 0.310. The van der Waals surface area contributed by atoms with Gasteiger partial charge in [-0.15, -0.1) is 5.10 Å². The average molecular weight is 473 g/mol. The normalized spacial score (nSPS) is 14.7.